The molecule has 0 saturated heterocycles. The Labute approximate surface area is 106 Å². The van der Waals surface area contributed by atoms with Crippen LogP contribution in [0, 0.1) is 6.92 Å². The molecule has 1 aromatic heterocycles. The van der Waals surface area contributed by atoms with Crippen LogP contribution in [0.3, 0.4) is 0 Å². The SMILES string of the molecule is CSC1(CNC(C)c2csc(C)n2)CCC1. The number of aromatic nitrogens is 1. The predicted molar refractivity (Wildman–Crippen MR) is 73.4 cm³/mol. The van der Waals surface area contributed by atoms with Gasteiger partial charge in [-0.3, -0.25) is 0 Å². The summed E-state index contributed by atoms with van der Waals surface area (Å²) in [5.41, 5.74) is 1.19. The molecule has 0 spiro atoms. The molecule has 0 aromatic carbocycles. The molecule has 1 saturated carbocycles. The van der Waals surface area contributed by atoms with Gasteiger partial charge in [0, 0.05) is 22.7 Å². The van der Waals surface area contributed by atoms with Gasteiger partial charge in [0.2, 0.25) is 0 Å². The average Bonchev–Trinajstić information content (AvgIpc) is 2.64. The molecule has 1 fully saturated rings. The number of thioether (sulfide) groups is 1. The van der Waals surface area contributed by atoms with Crippen molar-refractivity contribution in [3.63, 3.8) is 0 Å². The molecule has 0 aliphatic heterocycles. The zero-order valence-electron chi connectivity index (χ0n) is 10.2. The maximum Gasteiger partial charge on any atom is 0.0898 e. The maximum absolute atomic E-state index is 4.53. The first kappa shape index (κ1) is 12.4. The lowest BCUT2D eigenvalue weighted by Gasteiger charge is -2.41. The van der Waals surface area contributed by atoms with Crippen molar-refractivity contribution in [3.05, 3.63) is 16.1 Å². The highest BCUT2D eigenvalue weighted by atomic mass is 32.2. The number of hydrogen-bond donors (Lipinski definition) is 1. The summed E-state index contributed by atoms with van der Waals surface area (Å²) in [6.07, 6.45) is 6.36. The molecule has 1 heterocycles. The lowest BCUT2D eigenvalue weighted by Crippen LogP contribution is -2.44. The van der Waals surface area contributed by atoms with E-state index in [9.17, 15) is 0 Å². The Morgan fingerprint density at radius 1 is 1.62 bits per heavy atom. The molecule has 4 heteroatoms. The van der Waals surface area contributed by atoms with Crippen LogP contribution in [-0.2, 0) is 0 Å². The molecule has 1 atom stereocenters. The summed E-state index contributed by atoms with van der Waals surface area (Å²) < 4.78 is 0.513. The molecule has 1 N–H and O–H groups in total. The molecule has 1 unspecified atom stereocenters. The van der Waals surface area contributed by atoms with E-state index in [1.54, 1.807) is 11.3 Å². The third kappa shape index (κ3) is 2.60. The molecule has 0 bridgehead atoms. The Morgan fingerprint density at radius 2 is 2.38 bits per heavy atom. The smallest absolute Gasteiger partial charge is 0.0898 e. The van der Waals surface area contributed by atoms with E-state index in [4.69, 9.17) is 0 Å². The van der Waals surface area contributed by atoms with Crippen molar-refractivity contribution >= 4 is 23.1 Å². The van der Waals surface area contributed by atoms with Crippen LogP contribution in [0.4, 0.5) is 0 Å². The highest BCUT2D eigenvalue weighted by molar-refractivity contribution is 8.00. The fraction of sp³-hybridized carbons (Fsp3) is 0.750. The topological polar surface area (TPSA) is 24.9 Å². The van der Waals surface area contributed by atoms with Gasteiger partial charge in [-0.05, 0) is 32.9 Å². The van der Waals surface area contributed by atoms with Crippen molar-refractivity contribution in [1.82, 2.24) is 10.3 Å². The summed E-state index contributed by atoms with van der Waals surface area (Å²) in [6, 6.07) is 0.384. The van der Waals surface area contributed by atoms with Gasteiger partial charge in [0.05, 0.1) is 10.7 Å². The molecule has 2 rings (SSSR count). The third-order valence-corrected chi connectivity index (χ3v) is 5.72. The van der Waals surface area contributed by atoms with Crippen molar-refractivity contribution < 1.29 is 0 Å². The van der Waals surface area contributed by atoms with Gasteiger partial charge in [-0.1, -0.05) is 6.42 Å². The summed E-state index contributed by atoms with van der Waals surface area (Å²) in [7, 11) is 0. The number of rotatable bonds is 5. The average molecular weight is 256 g/mol. The molecule has 16 heavy (non-hydrogen) atoms. The number of aryl methyl sites for hydroxylation is 1. The fourth-order valence-corrected chi connectivity index (χ4v) is 3.68. The van der Waals surface area contributed by atoms with E-state index < -0.39 is 0 Å². The highest BCUT2D eigenvalue weighted by Gasteiger charge is 2.36. The first-order valence-corrected chi connectivity index (χ1v) is 7.96. The molecule has 2 nitrogen and oxygen atoms in total. The summed E-state index contributed by atoms with van der Waals surface area (Å²) >= 11 is 3.76. The Hall–Kier alpha value is -0.0600. The largest absolute Gasteiger partial charge is 0.307 e. The Bertz CT molecular complexity index is 339. The first-order valence-electron chi connectivity index (χ1n) is 5.86. The lowest BCUT2D eigenvalue weighted by molar-refractivity contribution is 0.333. The van der Waals surface area contributed by atoms with Gasteiger partial charge in [-0.25, -0.2) is 4.98 Å². The van der Waals surface area contributed by atoms with Gasteiger partial charge in [-0.15, -0.1) is 11.3 Å². The number of thiazole rings is 1. The van der Waals surface area contributed by atoms with E-state index in [-0.39, 0.29) is 0 Å². The molecule has 1 aliphatic rings. The Kier molecular flexibility index (Phi) is 3.93. The van der Waals surface area contributed by atoms with E-state index in [0.29, 0.717) is 10.8 Å². The van der Waals surface area contributed by atoms with E-state index in [0.717, 1.165) is 11.6 Å². The zero-order chi connectivity index (χ0) is 11.6. The molecule has 0 amide bonds. The van der Waals surface area contributed by atoms with E-state index >= 15 is 0 Å². The van der Waals surface area contributed by atoms with Crippen LogP contribution in [-0.4, -0.2) is 22.5 Å². The van der Waals surface area contributed by atoms with Crippen molar-refractivity contribution in [3.8, 4) is 0 Å². The Balaban J connectivity index is 1.86. The summed E-state index contributed by atoms with van der Waals surface area (Å²) in [4.78, 5) is 4.53. The van der Waals surface area contributed by atoms with Crippen LogP contribution >= 0.6 is 23.1 Å². The van der Waals surface area contributed by atoms with Crippen molar-refractivity contribution in [2.75, 3.05) is 12.8 Å². The van der Waals surface area contributed by atoms with Crippen LogP contribution in [0.15, 0.2) is 5.38 Å². The number of nitrogens with zero attached hydrogens (tertiary/aromatic N) is 1. The second-order valence-corrected chi connectivity index (χ2v) is 6.97. The van der Waals surface area contributed by atoms with E-state index in [1.165, 1.54) is 25.0 Å². The van der Waals surface area contributed by atoms with E-state index in [1.807, 2.05) is 11.8 Å². The number of hydrogen-bond acceptors (Lipinski definition) is 4. The molecule has 90 valence electrons. The second kappa shape index (κ2) is 5.07. The Morgan fingerprint density at radius 3 is 2.81 bits per heavy atom. The molecular weight excluding hydrogens is 236 g/mol. The maximum atomic E-state index is 4.53. The third-order valence-electron chi connectivity index (χ3n) is 3.51. The molecule has 0 radical (unpaired) electrons. The van der Waals surface area contributed by atoms with E-state index in [2.05, 4.69) is 35.8 Å². The van der Waals surface area contributed by atoms with Crippen LogP contribution in [0.25, 0.3) is 0 Å². The minimum absolute atomic E-state index is 0.384. The van der Waals surface area contributed by atoms with Crippen molar-refractivity contribution in [2.24, 2.45) is 0 Å². The van der Waals surface area contributed by atoms with Crippen LogP contribution in [0.5, 0.6) is 0 Å². The lowest BCUT2D eigenvalue weighted by atomic mass is 9.84. The molecule has 1 aliphatic carbocycles. The molecule has 1 aromatic rings. The van der Waals surface area contributed by atoms with Crippen LogP contribution in [0.1, 0.15) is 42.9 Å². The first-order chi connectivity index (χ1) is 7.65. The number of nitrogens with one attached hydrogen (secondary N) is 1. The highest BCUT2D eigenvalue weighted by Crippen LogP contribution is 2.42. The summed E-state index contributed by atoms with van der Waals surface area (Å²) in [5, 5.41) is 6.95. The van der Waals surface area contributed by atoms with Gasteiger partial charge >= 0.3 is 0 Å². The minimum atomic E-state index is 0.384. The quantitative estimate of drug-likeness (QED) is 0.874. The predicted octanol–water partition coefficient (Wildman–Crippen LogP) is 3.39. The minimum Gasteiger partial charge on any atom is -0.307 e. The fourth-order valence-electron chi connectivity index (χ4n) is 2.05. The monoisotopic (exact) mass is 256 g/mol. The zero-order valence-corrected chi connectivity index (χ0v) is 11.9. The van der Waals surface area contributed by atoms with Gasteiger partial charge in [-0.2, -0.15) is 11.8 Å². The normalized spacial score (nSPS) is 20.4. The van der Waals surface area contributed by atoms with Gasteiger partial charge in [0.25, 0.3) is 0 Å². The van der Waals surface area contributed by atoms with Crippen molar-refractivity contribution in [1.29, 1.82) is 0 Å². The summed E-state index contributed by atoms with van der Waals surface area (Å²) in [5.74, 6) is 0. The molecular formula is C12H20N2S2. The van der Waals surface area contributed by atoms with Crippen molar-refractivity contribution in [2.45, 2.75) is 43.9 Å². The van der Waals surface area contributed by atoms with Crippen LogP contribution < -0.4 is 5.32 Å². The second-order valence-electron chi connectivity index (χ2n) is 4.63. The van der Waals surface area contributed by atoms with Crippen LogP contribution in [0.2, 0.25) is 0 Å². The van der Waals surface area contributed by atoms with Gasteiger partial charge < -0.3 is 5.32 Å². The standard InChI is InChI=1S/C12H20N2S2/c1-9(11-7-16-10(2)14-11)13-8-12(15-3)5-4-6-12/h7,9,13H,4-6,8H2,1-3H3. The van der Waals surface area contributed by atoms with Gasteiger partial charge in [0.15, 0.2) is 0 Å². The van der Waals surface area contributed by atoms with Gasteiger partial charge in [0.1, 0.15) is 0 Å². The summed E-state index contributed by atoms with van der Waals surface area (Å²) in [6.45, 7) is 5.39.